The fraction of sp³-hybridized carbons (Fsp3) is 0.250. The zero-order valence-electron chi connectivity index (χ0n) is 12.0. The quantitative estimate of drug-likeness (QED) is 0.879. The molecule has 21 heavy (non-hydrogen) atoms. The number of rotatable bonds is 4. The second kappa shape index (κ2) is 5.85. The van der Waals surface area contributed by atoms with Crippen molar-refractivity contribution in [1.82, 2.24) is 0 Å². The van der Waals surface area contributed by atoms with Crippen LogP contribution in [-0.4, -0.2) is 8.42 Å². The van der Waals surface area contributed by atoms with E-state index >= 15 is 0 Å². The van der Waals surface area contributed by atoms with Gasteiger partial charge in [0.1, 0.15) is 5.82 Å². The fourth-order valence-corrected chi connectivity index (χ4v) is 3.44. The average molecular weight is 307 g/mol. The van der Waals surface area contributed by atoms with E-state index < -0.39 is 15.7 Å². The summed E-state index contributed by atoms with van der Waals surface area (Å²) in [5.74, 6) is -0.462. The van der Waals surface area contributed by atoms with Crippen LogP contribution in [0.2, 0.25) is 0 Å². The van der Waals surface area contributed by atoms with Crippen molar-refractivity contribution < 1.29 is 12.8 Å². The summed E-state index contributed by atoms with van der Waals surface area (Å²) < 4.78 is 38.0. The second-order valence-corrected chi connectivity index (χ2v) is 7.37. The van der Waals surface area contributed by atoms with Gasteiger partial charge < -0.3 is 5.73 Å². The number of nitrogens with two attached hydrogens (primary N) is 1. The van der Waals surface area contributed by atoms with Gasteiger partial charge in [0.25, 0.3) is 0 Å². The molecule has 0 unspecified atom stereocenters. The van der Waals surface area contributed by atoms with Crippen LogP contribution in [0.15, 0.2) is 47.4 Å². The highest BCUT2D eigenvalue weighted by Gasteiger charge is 2.16. The predicted octanol–water partition coefficient (Wildman–Crippen LogP) is 3.51. The van der Waals surface area contributed by atoms with Crippen LogP contribution in [0, 0.1) is 5.82 Å². The first-order valence-electron chi connectivity index (χ1n) is 6.65. The van der Waals surface area contributed by atoms with Crippen LogP contribution in [0.25, 0.3) is 0 Å². The number of hydrogen-bond acceptors (Lipinski definition) is 3. The number of sulfone groups is 1. The molecule has 3 nitrogen and oxygen atoms in total. The van der Waals surface area contributed by atoms with Gasteiger partial charge in [-0.05, 0) is 47.4 Å². The third kappa shape index (κ3) is 3.82. The Morgan fingerprint density at radius 1 is 1.10 bits per heavy atom. The van der Waals surface area contributed by atoms with Gasteiger partial charge >= 0.3 is 0 Å². The number of halogens is 1. The molecule has 2 aromatic rings. The fourth-order valence-electron chi connectivity index (χ4n) is 2.12. The summed E-state index contributed by atoms with van der Waals surface area (Å²) in [4.78, 5) is 0.231. The molecule has 0 atom stereocenters. The Morgan fingerprint density at radius 3 is 2.24 bits per heavy atom. The Labute approximate surface area is 124 Å². The monoisotopic (exact) mass is 307 g/mol. The molecule has 2 aromatic carbocycles. The minimum Gasteiger partial charge on any atom is -0.399 e. The Hall–Kier alpha value is -1.88. The average Bonchev–Trinajstić information content (AvgIpc) is 2.37. The maximum Gasteiger partial charge on any atom is 0.182 e. The summed E-state index contributed by atoms with van der Waals surface area (Å²) >= 11 is 0. The minimum atomic E-state index is -3.51. The molecule has 2 N–H and O–H groups in total. The Kier molecular flexibility index (Phi) is 4.32. The minimum absolute atomic E-state index is 0.218. The van der Waals surface area contributed by atoms with Crippen LogP contribution in [0.3, 0.4) is 0 Å². The van der Waals surface area contributed by atoms with Crippen molar-refractivity contribution in [2.45, 2.75) is 30.4 Å². The molecular formula is C16H18FNO2S. The molecule has 2 rings (SSSR count). The molecule has 0 aliphatic carbocycles. The molecule has 112 valence electrons. The van der Waals surface area contributed by atoms with Gasteiger partial charge in [-0.1, -0.05) is 26.0 Å². The largest absolute Gasteiger partial charge is 0.399 e. The van der Waals surface area contributed by atoms with E-state index in [0.29, 0.717) is 11.5 Å². The summed E-state index contributed by atoms with van der Waals surface area (Å²) in [6.07, 6.45) is 0. The summed E-state index contributed by atoms with van der Waals surface area (Å²) in [7, 11) is -3.51. The van der Waals surface area contributed by atoms with Crippen molar-refractivity contribution in [3.8, 4) is 0 Å². The van der Waals surface area contributed by atoms with Crippen LogP contribution in [0.1, 0.15) is 30.9 Å². The van der Waals surface area contributed by atoms with Gasteiger partial charge in [-0.2, -0.15) is 0 Å². The van der Waals surface area contributed by atoms with Gasteiger partial charge in [0.05, 0.1) is 10.6 Å². The SMILES string of the molecule is CC(C)c1ccc(S(=O)(=O)Cc2cc(N)cc(F)c2)cc1. The van der Waals surface area contributed by atoms with Gasteiger partial charge in [-0.15, -0.1) is 0 Å². The van der Waals surface area contributed by atoms with E-state index in [1.165, 1.54) is 12.1 Å². The smallest absolute Gasteiger partial charge is 0.182 e. The molecule has 0 saturated carbocycles. The number of anilines is 1. The van der Waals surface area contributed by atoms with E-state index in [-0.39, 0.29) is 16.3 Å². The lowest BCUT2D eigenvalue weighted by Gasteiger charge is -2.09. The van der Waals surface area contributed by atoms with E-state index in [4.69, 9.17) is 5.73 Å². The molecular weight excluding hydrogens is 289 g/mol. The van der Waals surface area contributed by atoms with Crippen LogP contribution in [0.5, 0.6) is 0 Å². The molecule has 0 radical (unpaired) electrons. The van der Waals surface area contributed by atoms with Crippen molar-refractivity contribution in [3.05, 3.63) is 59.4 Å². The molecule has 0 spiro atoms. The van der Waals surface area contributed by atoms with Crippen LogP contribution in [-0.2, 0) is 15.6 Å². The van der Waals surface area contributed by atoms with Crippen molar-refractivity contribution in [1.29, 1.82) is 0 Å². The molecule has 0 heterocycles. The van der Waals surface area contributed by atoms with E-state index in [2.05, 4.69) is 0 Å². The maximum absolute atomic E-state index is 13.3. The number of hydrogen-bond donors (Lipinski definition) is 1. The van der Waals surface area contributed by atoms with Gasteiger partial charge in [-0.25, -0.2) is 12.8 Å². The van der Waals surface area contributed by atoms with Crippen molar-refractivity contribution >= 4 is 15.5 Å². The highest BCUT2D eigenvalue weighted by molar-refractivity contribution is 7.90. The van der Waals surface area contributed by atoms with E-state index in [9.17, 15) is 12.8 Å². The second-order valence-electron chi connectivity index (χ2n) is 5.38. The molecule has 0 saturated heterocycles. The summed E-state index contributed by atoms with van der Waals surface area (Å²) in [5, 5.41) is 0. The predicted molar refractivity (Wildman–Crippen MR) is 82.2 cm³/mol. The highest BCUT2D eigenvalue weighted by Crippen LogP contribution is 2.21. The van der Waals surface area contributed by atoms with Gasteiger partial charge in [0.15, 0.2) is 9.84 Å². The lowest BCUT2D eigenvalue weighted by molar-refractivity contribution is 0.594. The van der Waals surface area contributed by atoms with Gasteiger partial charge in [0.2, 0.25) is 0 Å². The van der Waals surface area contributed by atoms with Crippen LogP contribution < -0.4 is 5.73 Å². The van der Waals surface area contributed by atoms with E-state index in [1.807, 2.05) is 13.8 Å². The zero-order chi connectivity index (χ0) is 15.6. The van der Waals surface area contributed by atoms with Crippen molar-refractivity contribution in [2.75, 3.05) is 5.73 Å². The van der Waals surface area contributed by atoms with E-state index in [0.717, 1.165) is 11.6 Å². The van der Waals surface area contributed by atoms with Crippen LogP contribution >= 0.6 is 0 Å². The highest BCUT2D eigenvalue weighted by atomic mass is 32.2. The summed E-state index contributed by atoms with van der Waals surface area (Å²) in [6, 6.07) is 10.6. The number of benzene rings is 2. The molecule has 0 fully saturated rings. The normalized spacial score (nSPS) is 11.8. The van der Waals surface area contributed by atoms with Crippen molar-refractivity contribution in [2.24, 2.45) is 0 Å². The third-order valence-corrected chi connectivity index (χ3v) is 4.95. The zero-order valence-corrected chi connectivity index (χ0v) is 12.8. The van der Waals surface area contributed by atoms with Crippen LogP contribution in [0.4, 0.5) is 10.1 Å². The summed E-state index contributed by atoms with van der Waals surface area (Å²) in [5.41, 5.74) is 7.17. The lowest BCUT2D eigenvalue weighted by atomic mass is 10.0. The summed E-state index contributed by atoms with van der Waals surface area (Å²) in [6.45, 7) is 4.08. The first kappa shape index (κ1) is 15.5. The Bertz CT molecular complexity index is 717. The molecule has 5 heteroatoms. The standard InChI is InChI=1S/C16H18FNO2S/c1-11(2)13-3-5-16(6-4-13)21(19,20)10-12-7-14(17)9-15(18)8-12/h3-9,11H,10,18H2,1-2H3. The topological polar surface area (TPSA) is 60.2 Å². The third-order valence-electron chi connectivity index (χ3n) is 3.24. The molecule has 0 aliphatic heterocycles. The van der Waals surface area contributed by atoms with E-state index in [1.54, 1.807) is 24.3 Å². The maximum atomic E-state index is 13.3. The first-order valence-corrected chi connectivity index (χ1v) is 8.31. The molecule has 0 amide bonds. The Balaban J connectivity index is 2.29. The molecule has 0 bridgehead atoms. The van der Waals surface area contributed by atoms with Crippen molar-refractivity contribution in [3.63, 3.8) is 0 Å². The van der Waals surface area contributed by atoms with Gasteiger partial charge in [-0.3, -0.25) is 0 Å². The number of nitrogen functional groups attached to an aromatic ring is 1. The van der Waals surface area contributed by atoms with Gasteiger partial charge in [0, 0.05) is 5.69 Å². The lowest BCUT2D eigenvalue weighted by Crippen LogP contribution is -2.06. The Morgan fingerprint density at radius 2 is 1.71 bits per heavy atom. The molecule has 0 aromatic heterocycles. The molecule has 0 aliphatic rings. The first-order chi connectivity index (χ1) is 9.78.